The van der Waals surface area contributed by atoms with Gasteiger partial charge in [0.25, 0.3) is 0 Å². The average molecular weight is 438 g/mol. The fraction of sp³-hybridized carbons (Fsp3) is 0.111. The highest BCUT2D eigenvalue weighted by molar-refractivity contribution is 6.06. The molecule has 0 radical (unpaired) electrons. The molecule has 33 heavy (non-hydrogen) atoms. The van der Waals surface area contributed by atoms with Crippen LogP contribution in [0.1, 0.15) is 27.5 Å². The van der Waals surface area contributed by atoms with E-state index in [9.17, 15) is 9.59 Å². The number of anilines is 1. The smallest absolute Gasteiger partial charge is 0.418 e. The normalized spacial score (nSPS) is 14.7. The summed E-state index contributed by atoms with van der Waals surface area (Å²) in [4.78, 5) is 26.9. The van der Waals surface area contributed by atoms with Gasteiger partial charge in [-0.1, -0.05) is 60.7 Å². The largest absolute Gasteiger partial charge is 0.465 e. The number of ether oxygens (including phenoxy) is 2. The average Bonchev–Trinajstić information content (AvgIpc) is 3.22. The van der Waals surface area contributed by atoms with Gasteiger partial charge in [0, 0.05) is 29.6 Å². The second kappa shape index (κ2) is 8.31. The van der Waals surface area contributed by atoms with Gasteiger partial charge in [-0.05, 0) is 29.3 Å². The van der Waals surface area contributed by atoms with Gasteiger partial charge in [0.2, 0.25) is 0 Å². The predicted molar refractivity (Wildman–Crippen MR) is 126 cm³/mol. The summed E-state index contributed by atoms with van der Waals surface area (Å²) in [6.07, 6.45) is 5.18. The fourth-order valence-electron chi connectivity index (χ4n) is 4.57. The van der Waals surface area contributed by atoms with Crippen LogP contribution in [0.5, 0.6) is 0 Å². The molecular weight excluding hydrogens is 416 g/mol. The Morgan fingerprint density at radius 2 is 1.58 bits per heavy atom. The van der Waals surface area contributed by atoms with Crippen molar-refractivity contribution in [3.05, 3.63) is 108 Å². The number of pyridine rings is 1. The van der Waals surface area contributed by atoms with E-state index in [2.05, 4.69) is 0 Å². The molecule has 4 aromatic rings. The molecule has 1 aliphatic heterocycles. The van der Waals surface area contributed by atoms with E-state index in [1.165, 1.54) is 19.1 Å². The maximum atomic E-state index is 13.0. The Balaban J connectivity index is 1.85. The van der Waals surface area contributed by atoms with Gasteiger partial charge in [0.15, 0.2) is 0 Å². The molecule has 2 aromatic heterocycles. The monoisotopic (exact) mass is 438 g/mol. The summed E-state index contributed by atoms with van der Waals surface area (Å²) < 4.78 is 12.2. The number of rotatable bonds is 3. The van der Waals surface area contributed by atoms with Gasteiger partial charge in [-0.3, -0.25) is 4.90 Å². The predicted octanol–water partition coefficient (Wildman–Crippen LogP) is 5.62. The number of methoxy groups -OCH3 is 2. The molecule has 6 heteroatoms. The number of amides is 1. The zero-order valence-corrected chi connectivity index (χ0v) is 18.3. The fourth-order valence-corrected chi connectivity index (χ4v) is 4.57. The second-order valence-electron chi connectivity index (χ2n) is 7.67. The molecule has 6 nitrogen and oxygen atoms in total. The van der Waals surface area contributed by atoms with Crippen LogP contribution in [0.15, 0.2) is 91.3 Å². The molecule has 0 saturated heterocycles. The number of carbonyl (C=O) groups is 2. The molecule has 5 rings (SSSR count). The van der Waals surface area contributed by atoms with Gasteiger partial charge >= 0.3 is 12.1 Å². The Bertz CT molecular complexity index is 1390. The standard InChI is InChI=1S/C27H22N2O4/c1-32-26(30)24-22-14-8-9-16-28(22)25(23(24)18-10-4-3-5-11-18)20-15-17-29(27(31)33-2)21-13-7-6-12-19(20)21/h3-17,20H,1-2H3/t20-/m1/s1. The van der Waals surface area contributed by atoms with E-state index in [1.54, 1.807) is 6.20 Å². The molecule has 1 atom stereocenters. The van der Waals surface area contributed by atoms with E-state index < -0.39 is 12.1 Å². The van der Waals surface area contributed by atoms with Crippen LogP contribution in [0.3, 0.4) is 0 Å². The van der Waals surface area contributed by atoms with Crippen LogP contribution >= 0.6 is 0 Å². The van der Waals surface area contributed by atoms with Crippen LogP contribution in [0.4, 0.5) is 10.5 Å². The highest BCUT2D eigenvalue weighted by Gasteiger charge is 2.33. The first-order valence-corrected chi connectivity index (χ1v) is 10.6. The third-order valence-electron chi connectivity index (χ3n) is 5.96. The zero-order chi connectivity index (χ0) is 22.9. The number of aromatic nitrogens is 1. The van der Waals surface area contributed by atoms with Crippen LogP contribution in [0, 0.1) is 0 Å². The van der Waals surface area contributed by atoms with Crippen molar-refractivity contribution in [1.29, 1.82) is 0 Å². The summed E-state index contributed by atoms with van der Waals surface area (Å²) in [6.45, 7) is 0. The number of para-hydroxylation sites is 1. The lowest BCUT2D eigenvalue weighted by Gasteiger charge is -2.29. The molecule has 0 unspecified atom stereocenters. The minimum Gasteiger partial charge on any atom is -0.465 e. The first-order valence-electron chi connectivity index (χ1n) is 10.6. The summed E-state index contributed by atoms with van der Waals surface area (Å²) in [6, 6.07) is 23.3. The number of fused-ring (bicyclic) bond motifs is 2. The lowest BCUT2D eigenvalue weighted by atomic mass is 9.87. The first-order chi connectivity index (χ1) is 16.2. The number of hydrogen-bond acceptors (Lipinski definition) is 4. The summed E-state index contributed by atoms with van der Waals surface area (Å²) in [5.41, 5.74) is 5.59. The minimum absolute atomic E-state index is 0.217. The third-order valence-corrected chi connectivity index (χ3v) is 5.96. The van der Waals surface area contributed by atoms with Gasteiger partial charge in [0.1, 0.15) is 0 Å². The van der Waals surface area contributed by atoms with Gasteiger partial charge in [-0.25, -0.2) is 9.59 Å². The number of esters is 1. The lowest BCUT2D eigenvalue weighted by Crippen LogP contribution is -2.29. The van der Waals surface area contributed by atoms with Crippen molar-refractivity contribution >= 4 is 23.3 Å². The van der Waals surface area contributed by atoms with Gasteiger partial charge in [-0.2, -0.15) is 0 Å². The Kier molecular flexibility index (Phi) is 5.18. The Hall–Kier alpha value is -4.32. The molecule has 0 fully saturated rings. The molecule has 0 bridgehead atoms. The molecule has 2 aromatic carbocycles. The van der Waals surface area contributed by atoms with E-state index in [4.69, 9.17) is 9.47 Å². The van der Waals surface area contributed by atoms with Gasteiger partial charge in [0.05, 0.1) is 31.0 Å². The summed E-state index contributed by atoms with van der Waals surface area (Å²) in [5, 5.41) is 0. The summed E-state index contributed by atoms with van der Waals surface area (Å²) in [5.74, 6) is -0.612. The zero-order valence-electron chi connectivity index (χ0n) is 18.3. The van der Waals surface area contributed by atoms with E-state index in [-0.39, 0.29) is 5.92 Å². The van der Waals surface area contributed by atoms with Crippen molar-refractivity contribution in [3.8, 4) is 11.1 Å². The van der Waals surface area contributed by atoms with E-state index in [0.717, 1.165) is 33.6 Å². The number of nitrogens with zero attached hydrogens (tertiary/aromatic N) is 2. The number of carbonyl (C=O) groups excluding carboxylic acids is 2. The maximum absolute atomic E-state index is 13.0. The van der Waals surface area contributed by atoms with Crippen LogP contribution in [-0.2, 0) is 9.47 Å². The highest BCUT2D eigenvalue weighted by atomic mass is 16.5. The molecule has 1 aliphatic rings. The van der Waals surface area contributed by atoms with Crippen LogP contribution < -0.4 is 4.90 Å². The van der Waals surface area contributed by atoms with Crippen molar-refractivity contribution < 1.29 is 19.1 Å². The minimum atomic E-state index is -0.462. The van der Waals surface area contributed by atoms with Crippen LogP contribution in [-0.4, -0.2) is 30.7 Å². The van der Waals surface area contributed by atoms with E-state index >= 15 is 0 Å². The van der Waals surface area contributed by atoms with Gasteiger partial charge in [-0.15, -0.1) is 0 Å². The first kappa shape index (κ1) is 20.6. The summed E-state index contributed by atoms with van der Waals surface area (Å²) in [7, 11) is 2.76. The number of hydrogen-bond donors (Lipinski definition) is 0. The lowest BCUT2D eigenvalue weighted by molar-refractivity contribution is 0.0604. The number of benzene rings is 2. The summed E-state index contributed by atoms with van der Waals surface area (Å²) >= 11 is 0. The molecule has 1 amide bonds. The third kappa shape index (κ3) is 3.27. The SMILES string of the molecule is COC(=O)c1c(-c2ccccc2)c([C@@H]2C=CN(C(=O)OC)c3ccccc32)n2ccccc12. The Morgan fingerprint density at radius 1 is 0.848 bits per heavy atom. The quantitative estimate of drug-likeness (QED) is 0.389. The molecule has 0 aliphatic carbocycles. The van der Waals surface area contributed by atoms with Crippen molar-refractivity contribution in [2.75, 3.05) is 19.1 Å². The van der Waals surface area contributed by atoms with Crippen LogP contribution in [0.25, 0.3) is 16.6 Å². The maximum Gasteiger partial charge on any atom is 0.418 e. The van der Waals surface area contributed by atoms with Crippen molar-refractivity contribution in [1.82, 2.24) is 4.40 Å². The van der Waals surface area contributed by atoms with E-state index in [1.807, 2.05) is 89.5 Å². The Labute approximate surface area is 191 Å². The molecule has 3 heterocycles. The Morgan fingerprint density at radius 3 is 2.33 bits per heavy atom. The molecule has 0 saturated carbocycles. The van der Waals surface area contributed by atoms with E-state index in [0.29, 0.717) is 5.56 Å². The molecular formula is C27H22N2O4. The number of allylic oxidation sites excluding steroid dienone is 1. The highest BCUT2D eigenvalue weighted by Crippen LogP contribution is 2.44. The van der Waals surface area contributed by atoms with Crippen LogP contribution in [0.2, 0.25) is 0 Å². The van der Waals surface area contributed by atoms with Crippen molar-refractivity contribution in [3.63, 3.8) is 0 Å². The molecule has 0 spiro atoms. The van der Waals surface area contributed by atoms with Gasteiger partial charge < -0.3 is 13.9 Å². The van der Waals surface area contributed by atoms with Crippen molar-refractivity contribution in [2.24, 2.45) is 0 Å². The molecule has 0 N–H and O–H groups in total. The molecule has 164 valence electrons. The second-order valence-corrected chi connectivity index (χ2v) is 7.67. The van der Waals surface area contributed by atoms with Crippen molar-refractivity contribution in [2.45, 2.75) is 5.92 Å². The topological polar surface area (TPSA) is 60.2 Å².